The van der Waals surface area contributed by atoms with Gasteiger partial charge in [-0.1, -0.05) is 0 Å². The van der Waals surface area contributed by atoms with Crippen molar-refractivity contribution in [1.82, 2.24) is 4.90 Å². The Bertz CT molecular complexity index is 718. The molecule has 6 nitrogen and oxygen atoms in total. The number of amides is 2. The van der Waals surface area contributed by atoms with Gasteiger partial charge < -0.3 is 20.7 Å². The molecule has 25 heavy (non-hydrogen) atoms. The molecule has 0 aliphatic heterocycles. The highest BCUT2D eigenvalue weighted by atomic mass is 32.1. The summed E-state index contributed by atoms with van der Waals surface area (Å²) < 4.78 is 18.3. The maximum absolute atomic E-state index is 12.8. The third kappa shape index (κ3) is 6.17. The lowest BCUT2D eigenvalue weighted by Crippen LogP contribution is -2.28. The number of ether oxygens (including phenoxy) is 1. The number of hydrogen-bond acceptors (Lipinski definition) is 5. The summed E-state index contributed by atoms with van der Waals surface area (Å²) in [7, 11) is 1.88. The van der Waals surface area contributed by atoms with Crippen LogP contribution in [0.15, 0.2) is 35.7 Å². The standard InChI is InChI=1S/C17H20FN3O3S/c1-21(9-10-24-13-4-2-12(18)3-5-13)8-6-15(22)20-17-14(16(19)23)7-11-25-17/h2-5,7,11H,6,8-10H2,1H3,(H2,19,23)(H,20,22). The molecule has 0 bridgehead atoms. The smallest absolute Gasteiger partial charge is 0.251 e. The molecule has 3 N–H and O–H groups in total. The van der Waals surface area contributed by atoms with Crippen LogP contribution in [0.1, 0.15) is 16.8 Å². The Morgan fingerprint density at radius 3 is 2.64 bits per heavy atom. The number of primary amides is 1. The molecule has 0 aliphatic rings. The Morgan fingerprint density at radius 2 is 1.96 bits per heavy atom. The molecule has 2 aromatic rings. The van der Waals surface area contributed by atoms with Gasteiger partial charge in [-0.05, 0) is 42.8 Å². The number of rotatable bonds is 9. The van der Waals surface area contributed by atoms with Crippen LogP contribution in [0.25, 0.3) is 0 Å². The molecule has 0 radical (unpaired) electrons. The average molecular weight is 365 g/mol. The Kier molecular flexibility index (Phi) is 6.91. The number of hydrogen-bond donors (Lipinski definition) is 2. The van der Waals surface area contributed by atoms with Gasteiger partial charge in [-0.2, -0.15) is 0 Å². The Hall–Kier alpha value is -2.45. The molecule has 1 heterocycles. The zero-order valence-electron chi connectivity index (χ0n) is 13.8. The van der Waals surface area contributed by atoms with E-state index in [1.54, 1.807) is 23.6 Å². The number of carbonyl (C=O) groups excluding carboxylic acids is 2. The zero-order valence-corrected chi connectivity index (χ0v) is 14.6. The summed E-state index contributed by atoms with van der Waals surface area (Å²) in [4.78, 5) is 25.1. The van der Waals surface area contributed by atoms with E-state index >= 15 is 0 Å². The van der Waals surface area contributed by atoms with Crippen LogP contribution in [0.4, 0.5) is 9.39 Å². The van der Waals surface area contributed by atoms with Crippen LogP contribution < -0.4 is 15.8 Å². The largest absolute Gasteiger partial charge is 0.492 e. The van der Waals surface area contributed by atoms with Gasteiger partial charge in [0.15, 0.2) is 0 Å². The highest BCUT2D eigenvalue weighted by Crippen LogP contribution is 2.22. The average Bonchev–Trinajstić information content (AvgIpc) is 3.03. The Balaban J connectivity index is 1.67. The van der Waals surface area contributed by atoms with Crippen molar-refractivity contribution < 1.29 is 18.7 Å². The number of nitrogens with zero attached hydrogens (tertiary/aromatic N) is 1. The first kappa shape index (κ1) is 18.9. The first-order chi connectivity index (χ1) is 12.0. The summed E-state index contributed by atoms with van der Waals surface area (Å²) in [6.45, 7) is 1.59. The van der Waals surface area contributed by atoms with E-state index in [4.69, 9.17) is 10.5 Å². The third-order valence-corrected chi connectivity index (χ3v) is 4.29. The van der Waals surface area contributed by atoms with E-state index in [-0.39, 0.29) is 18.1 Å². The summed E-state index contributed by atoms with van der Waals surface area (Å²) >= 11 is 1.26. The number of nitrogens with one attached hydrogen (secondary N) is 1. The van der Waals surface area contributed by atoms with Gasteiger partial charge >= 0.3 is 0 Å². The normalized spacial score (nSPS) is 10.7. The van der Waals surface area contributed by atoms with Gasteiger partial charge in [0.05, 0.1) is 5.56 Å². The molecule has 0 spiro atoms. The minimum absolute atomic E-state index is 0.184. The van der Waals surface area contributed by atoms with Gasteiger partial charge in [-0.3, -0.25) is 9.59 Å². The fraction of sp³-hybridized carbons (Fsp3) is 0.294. The van der Waals surface area contributed by atoms with E-state index in [2.05, 4.69) is 5.32 Å². The quantitative estimate of drug-likeness (QED) is 0.714. The molecule has 0 atom stereocenters. The molecule has 0 saturated carbocycles. The van der Waals surface area contributed by atoms with Crippen LogP contribution >= 0.6 is 11.3 Å². The molecule has 0 saturated heterocycles. The lowest BCUT2D eigenvalue weighted by Gasteiger charge is -2.16. The van der Waals surface area contributed by atoms with E-state index in [1.165, 1.54) is 23.5 Å². The van der Waals surface area contributed by atoms with Crippen LogP contribution in [0.2, 0.25) is 0 Å². The van der Waals surface area contributed by atoms with Crippen molar-refractivity contribution in [1.29, 1.82) is 0 Å². The van der Waals surface area contributed by atoms with Gasteiger partial charge in [-0.25, -0.2) is 4.39 Å². The molecule has 0 fully saturated rings. The Morgan fingerprint density at radius 1 is 1.24 bits per heavy atom. The molecule has 134 valence electrons. The van der Waals surface area contributed by atoms with E-state index in [0.29, 0.717) is 36.0 Å². The van der Waals surface area contributed by atoms with Crippen molar-refractivity contribution in [3.63, 3.8) is 0 Å². The zero-order chi connectivity index (χ0) is 18.2. The number of carbonyl (C=O) groups is 2. The number of benzene rings is 1. The monoisotopic (exact) mass is 365 g/mol. The molecule has 8 heteroatoms. The van der Waals surface area contributed by atoms with Crippen molar-refractivity contribution >= 4 is 28.2 Å². The molecule has 2 amide bonds. The Labute approximate surface area is 149 Å². The van der Waals surface area contributed by atoms with E-state index < -0.39 is 5.91 Å². The predicted octanol–water partition coefficient (Wildman–Crippen LogP) is 2.33. The third-order valence-electron chi connectivity index (χ3n) is 3.46. The SMILES string of the molecule is CN(CCOc1ccc(F)cc1)CCC(=O)Nc1sccc1C(N)=O. The first-order valence-electron chi connectivity index (χ1n) is 7.70. The fourth-order valence-corrected chi connectivity index (χ4v) is 2.85. The second-order valence-corrected chi connectivity index (χ2v) is 6.35. The maximum Gasteiger partial charge on any atom is 0.251 e. The van der Waals surface area contributed by atoms with Crippen LogP contribution in [-0.4, -0.2) is 43.5 Å². The second kappa shape index (κ2) is 9.14. The van der Waals surface area contributed by atoms with E-state index in [9.17, 15) is 14.0 Å². The molecular formula is C17H20FN3O3S. The first-order valence-corrected chi connectivity index (χ1v) is 8.57. The molecule has 0 aliphatic carbocycles. The van der Waals surface area contributed by atoms with Crippen LogP contribution in [-0.2, 0) is 4.79 Å². The number of nitrogens with two attached hydrogens (primary N) is 1. The summed E-state index contributed by atoms with van der Waals surface area (Å²) in [6, 6.07) is 7.41. The van der Waals surface area contributed by atoms with Crippen molar-refractivity contribution in [3.05, 3.63) is 47.1 Å². The lowest BCUT2D eigenvalue weighted by atomic mass is 10.3. The van der Waals surface area contributed by atoms with E-state index in [1.807, 2.05) is 11.9 Å². The highest BCUT2D eigenvalue weighted by molar-refractivity contribution is 7.14. The van der Waals surface area contributed by atoms with Crippen LogP contribution in [0.5, 0.6) is 5.75 Å². The van der Waals surface area contributed by atoms with Gasteiger partial charge in [0.25, 0.3) is 5.91 Å². The fourth-order valence-electron chi connectivity index (χ4n) is 2.04. The number of thiophene rings is 1. The van der Waals surface area contributed by atoms with Crippen molar-refractivity contribution in [2.75, 3.05) is 32.1 Å². The summed E-state index contributed by atoms with van der Waals surface area (Å²) in [5.41, 5.74) is 5.56. The van der Waals surface area contributed by atoms with Crippen molar-refractivity contribution in [2.24, 2.45) is 5.73 Å². The molecule has 2 rings (SSSR count). The van der Waals surface area contributed by atoms with Gasteiger partial charge in [0.2, 0.25) is 5.91 Å². The van der Waals surface area contributed by atoms with Gasteiger partial charge in [0.1, 0.15) is 23.2 Å². The highest BCUT2D eigenvalue weighted by Gasteiger charge is 2.12. The number of halogens is 1. The second-order valence-electron chi connectivity index (χ2n) is 5.43. The molecular weight excluding hydrogens is 345 g/mol. The summed E-state index contributed by atoms with van der Waals surface area (Å²) in [6.07, 6.45) is 0.281. The maximum atomic E-state index is 12.8. The predicted molar refractivity (Wildman–Crippen MR) is 95.5 cm³/mol. The van der Waals surface area contributed by atoms with Gasteiger partial charge in [0, 0.05) is 19.5 Å². The van der Waals surface area contributed by atoms with Crippen LogP contribution in [0.3, 0.4) is 0 Å². The molecule has 1 aromatic heterocycles. The van der Waals surface area contributed by atoms with Crippen LogP contribution in [0, 0.1) is 5.82 Å². The van der Waals surface area contributed by atoms with Crippen molar-refractivity contribution in [3.8, 4) is 5.75 Å². The summed E-state index contributed by atoms with van der Waals surface area (Å²) in [5.74, 6) is -0.451. The topological polar surface area (TPSA) is 84.7 Å². The van der Waals surface area contributed by atoms with E-state index in [0.717, 1.165) is 0 Å². The summed E-state index contributed by atoms with van der Waals surface area (Å²) in [5, 5.41) is 4.87. The van der Waals surface area contributed by atoms with Crippen molar-refractivity contribution in [2.45, 2.75) is 6.42 Å². The molecule has 0 unspecified atom stereocenters. The number of likely N-dealkylation sites (N-methyl/N-ethyl adjacent to an activating group) is 1. The van der Waals surface area contributed by atoms with Gasteiger partial charge in [-0.15, -0.1) is 11.3 Å². The molecule has 1 aromatic carbocycles. The number of anilines is 1. The lowest BCUT2D eigenvalue weighted by molar-refractivity contribution is -0.116. The minimum Gasteiger partial charge on any atom is -0.492 e. The minimum atomic E-state index is -0.563.